The second-order valence-corrected chi connectivity index (χ2v) is 0.603. The Morgan fingerprint density at radius 3 is 2.67 bits per heavy atom. The van der Waals surface area contributed by atoms with Gasteiger partial charge in [-0.2, -0.15) is 0 Å². The van der Waals surface area contributed by atoms with E-state index in [9.17, 15) is 0 Å². The minimum Gasteiger partial charge on any atom is -0.352 e. The monoisotopic (exact) mass is 131 g/mol. The van der Waals surface area contributed by atoms with Gasteiger partial charge in [-0.25, -0.2) is 0 Å². The summed E-state index contributed by atoms with van der Waals surface area (Å²) in [5.41, 5.74) is 0. The molecule has 0 fully saturated rings. The molecule has 0 aliphatic heterocycles. The maximum absolute atomic E-state index is 3.29. The molecule has 0 saturated carbocycles. The topological polar surface area (TPSA) is 41.6 Å². The number of aromatic nitrogens is 3. The van der Waals surface area contributed by atoms with Crippen molar-refractivity contribution in [2.75, 3.05) is 0 Å². The van der Waals surface area contributed by atoms with Gasteiger partial charge < -0.3 is 16.4 Å². The van der Waals surface area contributed by atoms with Crippen molar-refractivity contribution in [2.45, 2.75) is 0 Å². The zero-order chi connectivity index (χ0) is 3.54. The van der Waals surface area contributed by atoms with E-state index in [-0.39, 0.29) is 17.1 Å². The molecule has 1 rings (SSSR count). The molecule has 6 heavy (non-hydrogen) atoms. The zero-order valence-corrected chi connectivity index (χ0v) is 3.71. The summed E-state index contributed by atoms with van der Waals surface area (Å²) in [4.78, 5) is 0. The maximum Gasteiger partial charge on any atom is 1.00 e. The molecule has 0 aliphatic carbocycles. The molecule has 0 atom stereocenters. The first kappa shape index (κ1) is 5.66. The van der Waals surface area contributed by atoms with Crippen molar-refractivity contribution in [1.29, 1.82) is 0 Å². The largest absolute Gasteiger partial charge is 1.00 e. The number of aromatic amines is 1. The number of hydrogen-bond donors (Lipinski definition) is 1. The van der Waals surface area contributed by atoms with Crippen LogP contribution in [0.5, 0.6) is 0 Å². The van der Waals surface area contributed by atoms with E-state index in [2.05, 4.69) is 21.6 Å². The minimum absolute atomic E-state index is 0. The van der Waals surface area contributed by atoms with E-state index >= 15 is 0 Å². The van der Waals surface area contributed by atoms with Gasteiger partial charge in [-0.05, 0) is 0 Å². The normalized spacial score (nSPS) is 6.67. The van der Waals surface area contributed by atoms with Gasteiger partial charge >= 0.3 is 17.1 Å². The molecule has 1 N–H and O–H groups in total. The number of rotatable bonds is 0. The van der Waals surface area contributed by atoms with Crippen LogP contribution in [0.2, 0.25) is 0 Å². The van der Waals surface area contributed by atoms with Crippen LogP contribution in [0.1, 0.15) is 0 Å². The van der Waals surface area contributed by atoms with Crippen molar-refractivity contribution < 1.29 is 17.1 Å². The summed E-state index contributed by atoms with van der Waals surface area (Å²) >= 11 is 0. The number of nitrogens with one attached hydrogen (secondary N) is 1. The molecule has 0 radical (unpaired) electrons. The van der Waals surface area contributed by atoms with Crippen LogP contribution in [0.3, 0.4) is 0 Å². The zero-order valence-electron chi connectivity index (χ0n) is 2.77. The van der Waals surface area contributed by atoms with Crippen LogP contribution >= 0.6 is 0 Å². The van der Waals surface area contributed by atoms with Crippen molar-refractivity contribution in [3.63, 3.8) is 0 Å². The van der Waals surface area contributed by atoms with Gasteiger partial charge in [0.25, 0.3) is 0 Å². The maximum atomic E-state index is 3.29. The molecule has 3 nitrogen and oxygen atoms in total. The minimum atomic E-state index is 0. The summed E-state index contributed by atoms with van der Waals surface area (Å²) in [6.07, 6.45) is 3.97. The third kappa shape index (κ3) is 1.19. The standard InChI is InChI=1S/C2H2N3.Cu/c1-2-4-5-3-1;/h1H,(H,3,4,5);/q-1;+1. The van der Waals surface area contributed by atoms with Crippen LogP contribution in [-0.2, 0) is 17.1 Å². The summed E-state index contributed by atoms with van der Waals surface area (Å²) in [5.74, 6) is 0. The van der Waals surface area contributed by atoms with Crippen LogP contribution < -0.4 is 0 Å². The Hall–Kier alpha value is -0.341. The molecule has 0 aliphatic rings. The van der Waals surface area contributed by atoms with E-state index in [0.717, 1.165) is 0 Å². The molecule has 0 spiro atoms. The first-order valence-corrected chi connectivity index (χ1v) is 1.22. The smallest absolute Gasteiger partial charge is 0.352 e. The van der Waals surface area contributed by atoms with Crippen LogP contribution in [-0.4, -0.2) is 15.4 Å². The quantitative estimate of drug-likeness (QED) is 0.385. The average molecular weight is 132 g/mol. The SMILES string of the molecule is [Cu+].[c-]1c[nH]nn1. The molecular formula is C2H2CuN3. The molecule has 0 aromatic carbocycles. The predicted molar refractivity (Wildman–Crippen MR) is 15.2 cm³/mol. The van der Waals surface area contributed by atoms with Gasteiger partial charge in [-0.3, -0.25) is 0 Å². The fourth-order valence-corrected chi connectivity index (χ4v) is 0.144. The van der Waals surface area contributed by atoms with Gasteiger partial charge in [0, 0.05) is 0 Å². The fraction of sp³-hybridized carbons (Fsp3) is 0. The Morgan fingerprint density at radius 2 is 2.50 bits per heavy atom. The van der Waals surface area contributed by atoms with Crippen LogP contribution in [0, 0.1) is 6.20 Å². The van der Waals surface area contributed by atoms with Gasteiger partial charge in [0.1, 0.15) is 0 Å². The Kier molecular flexibility index (Phi) is 2.71. The van der Waals surface area contributed by atoms with Gasteiger partial charge in [0.05, 0.1) is 0 Å². The van der Waals surface area contributed by atoms with E-state index in [1.165, 1.54) is 6.20 Å². The van der Waals surface area contributed by atoms with E-state index in [0.29, 0.717) is 0 Å². The van der Waals surface area contributed by atoms with Crippen molar-refractivity contribution >= 4 is 0 Å². The first-order valence-electron chi connectivity index (χ1n) is 1.22. The first-order chi connectivity index (χ1) is 2.50. The molecule has 1 aromatic heterocycles. The Balaban J connectivity index is 0.000000250. The van der Waals surface area contributed by atoms with Gasteiger partial charge in [0.2, 0.25) is 0 Å². The van der Waals surface area contributed by atoms with E-state index in [1.54, 1.807) is 0 Å². The van der Waals surface area contributed by atoms with Crippen LogP contribution in [0.25, 0.3) is 0 Å². The number of hydrogen-bond acceptors (Lipinski definition) is 2. The molecule has 0 unspecified atom stereocenters. The molecule has 0 amide bonds. The molecule has 4 heteroatoms. The Morgan fingerprint density at radius 1 is 1.67 bits per heavy atom. The molecular weight excluding hydrogens is 130 g/mol. The van der Waals surface area contributed by atoms with Crippen molar-refractivity contribution in [3.8, 4) is 0 Å². The van der Waals surface area contributed by atoms with Crippen molar-refractivity contribution in [2.24, 2.45) is 0 Å². The van der Waals surface area contributed by atoms with Gasteiger partial charge in [-0.15, -0.1) is 11.4 Å². The van der Waals surface area contributed by atoms with E-state index in [4.69, 9.17) is 0 Å². The summed E-state index contributed by atoms with van der Waals surface area (Å²) in [7, 11) is 0. The van der Waals surface area contributed by atoms with Crippen LogP contribution in [0.15, 0.2) is 6.20 Å². The summed E-state index contributed by atoms with van der Waals surface area (Å²) in [6.45, 7) is 0. The number of H-pyrrole nitrogens is 1. The Labute approximate surface area is 45.6 Å². The number of nitrogens with zero attached hydrogens (tertiary/aromatic N) is 2. The van der Waals surface area contributed by atoms with Gasteiger partial charge in [-0.1, -0.05) is 0 Å². The summed E-state index contributed by atoms with van der Waals surface area (Å²) < 4.78 is 0. The van der Waals surface area contributed by atoms with E-state index < -0.39 is 0 Å². The Bertz CT molecular complexity index is 65.3. The third-order valence-electron chi connectivity index (χ3n) is 0.295. The molecule has 36 valence electrons. The second kappa shape index (κ2) is 2.87. The third-order valence-corrected chi connectivity index (χ3v) is 0.295. The van der Waals surface area contributed by atoms with Crippen LogP contribution in [0.4, 0.5) is 0 Å². The molecule has 1 aromatic rings. The summed E-state index contributed by atoms with van der Waals surface area (Å²) in [5, 5.41) is 9.03. The van der Waals surface area contributed by atoms with Crippen molar-refractivity contribution in [3.05, 3.63) is 12.4 Å². The molecule has 1 heterocycles. The molecule has 0 saturated heterocycles. The van der Waals surface area contributed by atoms with Crippen molar-refractivity contribution in [1.82, 2.24) is 15.4 Å². The summed E-state index contributed by atoms with van der Waals surface area (Å²) in [6, 6.07) is 0. The molecule has 0 bridgehead atoms. The fourth-order valence-electron chi connectivity index (χ4n) is 0.144. The average Bonchev–Trinajstić information content (AvgIpc) is 1.76. The predicted octanol–water partition coefficient (Wildman–Crippen LogP) is -0.398. The van der Waals surface area contributed by atoms with Gasteiger partial charge in [0.15, 0.2) is 0 Å². The van der Waals surface area contributed by atoms with E-state index in [1.807, 2.05) is 0 Å². The second-order valence-electron chi connectivity index (χ2n) is 0.603.